The van der Waals surface area contributed by atoms with Gasteiger partial charge in [-0.15, -0.1) is 0 Å². The SMILES string of the molecule is CCCCC/C=C\C/C=C\CCCCCCCCC/C=C/C(=O)OCC. The Bertz CT molecular complexity index is 380. The summed E-state index contributed by atoms with van der Waals surface area (Å²) in [6.07, 6.45) is 30.4. The van der Waals surface area contributed by atoms with E-state index in [0.29, 0.717) is 6.61 Å². The van der Waals surface area contributed by atoms with Crippen molar-refractivity contribution in [1.29, 1.82) is 0 Å². The summed E-state index contributed by atoms with van der Waals surface area (Å²) in [5, 5.41) is 0. The molecule has 0 N–H and O–H groups in total. The molecule has 0 aliphatic carbocycles. The summed E-state index contributed by atoms with van der Waals surface area (Å²) in [6.45, 7) is 4.53. The Hall–Kier alpha value is -1.31. The summed E-state index contributed by atoms with van der Waals surface area (Å²) in [6, 6.07) is 0. The molecule has 0 rings (SSSR count). The second-order valence-electron chi connectivity index (χ2n) is 6.88. The summed E-state index contributed by atoms with van der Waals surface area (Å²) in [7, 11) is 0. The summed E-state index contributed by atoms with van der Waals surface area (Å²) >= 11 is 0. The van der Waals surface area contributed by atoms with Crippen molar-refractivity contribution >= 4 is 5.97 Å². The number of carbonyl (C=O) groups is 1. The van der Waals surface area contributed by atoms with Gasteiger partial charge in [-0.3, -0.25) is 0 Å². The number of unbranched alkanes of at least 4 members (excludes halogenated alkanes) is 11. The van der Waals surface area contributed by atoms with Gasteiger partial charge in [0, 0.05) is 6.08 Å². The Morgan fingerprint density at radius 3 is 1.69 bits per heavy atom. The van der Waals surface area contributed by atoms with E-state index in [9.17, 15) is 4.79 Å². The molecule has 0 heterocycles. The molecule has 0 fully saturated rings. The number of esters is 1. The third kappa shape index (κ3) is 20.7. The average Bonchev–Trinajstić information content (AvgIpc) is 2.64. The Kier molecular flexibility index (Phi) is 20.6. The van der Waals surface area contributed by atoms with Gasteiger partial charge in [0.1, 0.15) is 0 Å². The molecule has 2 heteroatoms. The zero-order chi connectivity index (χ0) is 19.1. The largest absolute Gasteiger partial charge is 0.463 e. The normalized spacial score (nSPS) is 11.9. The van der Waals surface area contributed by atoms with Gasteiger partial charge < -0.3 is 4.74 Å². The van der Waals surface area contributed by atoms with Crippen molar-refractivity contribution in [3.05, 3.63) is 36.5 Å². The van der Waals surface area contributed by atoms with E-state index in [1.165, 1.54) is 77.0 Å². The minimum atomic E-state index is -0.218. The molecule has 0 aliphatic heterocycles. The maximum Gasteiger partial charge on any atom is 0.330 e. The summed E-state index contributed by atoms with van der Waals surface area (Å²) in [4.78, 5) is 11.1. The highest BCUT2D eigenvalue weighted by Gasteiger charge is 1.93. The van der Waals surface area contributed by atoms with Gasteiger partial charge in [0.2, 0.25) is 0 Å². The van der Waals surface area contributed by atoms with Crippen LogP contribution in [0.25, 0.3) is 0 Å². The van der Waals surface area contributed by atoms with Crippen molar-refractivity contribution in [2.75, 3.05) is 6.61 Å². The van der Waals surface area contributed by atoms with Crippen LogP contribution in [0.1, 0.15) is 104 Å². The van der Waals surface area contributed by atoms with Gasteiger partial charge in [-0.1, -0.05) is 82.2 Å². The lowest BCUT2D eigenvalue weighted by atomic mass is 10.1. The van der Waals surface area contributed by atoms with Gasteiger partial charge in [-0.05, 0) is 51.9 Å². The molecule has 0 atom stereocenters. The molecule has 0 aromatic rings. The van der Waals surface area contributed by atoms with Crippen LogP contribution in [0.4, 0.5) is 0 Å². The Morgan fingerprint density at radius 1 is 0.654 bits per heavy atom. The number of hydrogen-bond acceptors (Lipinski definition) is 2. The second-order valence-corrected chi connectivity index (χ2v) is 6.88. The van der Waals surface area contributed by atoms with E-state index in [-0.39, 0.29) is 5.97 Å². The molecule has 0 saturated carbocycles. The van der Waals surface area contributed by atoms with Crippen LogP contribution in [0.3, 0.4) is 0 Å². The molecule has 0 aliphatic rings. The van der Waals surface area contributed by atoms with Crippen molar-refractivity contribution in [2.45, 2.75) is 104 Å². The summed E-state index contributed by atoms with van der Waals surface area (Å²) < 4.78 is 4.85. The van der Waals surface area contributed by atoms with Crippen molar-refractivity contribution in [3.63, 3.8) is 0 Å². The predicted octanol–water partition coefficient (Wildman–Crippen LogP) is 7.70. The minimum Gasteiger partial charge on any atom is -0.463 e. The quantitative estimate of drug-likeness (QED) is 0.108. The molecule has 0 aromatic heterocycles. The van der Waals surface area contributed by atoms with E-state index in [0.717, 1.165) is 12.8 Å². The van der Waals surface area contributed by atoms with Crippen LogP contribution in [0.5, 0.6) is 0 Å². The van der Waals surface area contributed by atoms with Gasteiger partial charge in [0.15, 0.2) is 0 Å². The standard InChI is InChI=1S/C24H42O2/c1-3-5-6-7-8-9-10-11-12-13-14-15-16-17-18-19-20-21-22-23-24(25)26-4-2/h8-9,11-12,22-23H,3-7,10,13-21H2,1-2H3/b9-8-,12-11-,23-22+. The molecule has 0 radical (unpaired) electrons. The summed E-state index contributed by atoms with van der Waals surface area (Å²) in [5.74, 6) is -0.218. The Morgan fingerprint density at radius 2 is 1.15 bits per heavy atom. The van der Waals surface area contributed by atoms with Crippen LogP contribution in [0, 0.1) is 0 Å². The topological polar surface area (TPSA) is 26.3 Å². The Balaban J connectivity index is 3.24. The maximum absolute atomic E-state index is 11.1. The van der Waals surface area contributed by atoms with Crippen LogP contribution in [0.2, 0.25) is 0 Å². The number of ether oxygens (including phenoxy) is 1. The highest BCUT2D eigenvalue weighted by atomic mass is 16.5. The van der Waals surface area contributed by atoms with Crippen LogP contribution in [0.15, 0.2) is 36.5 Å². The van der Waals surface area contributed by atoms with Gasteiger partial charge >= 0.3 is 5.97 Å². The van der Waals surface area contributed by atoms with Crippen LogP contribution < -0.4 is 0 Å². The molecule has 26 heavy (non-hydrogen) atoms. The van der Waals surface area contributed by atoms with Gasteiger partial charge in [0.25, 0.3) is 0 Å². The first-order valence-corrected chi connectivity index (χ1v) is 10.9. The lowest BCUT2D eigenvalue weighted by Gasteiger charge is -2.00. The molecule has 0 amide bonds. The molecule has 0 spiro atoms. The average molecular weight is 363 g/mol. The molecule has 0 aromatic carbocycles. The molecular formula is C24H42O2. The zero-order valence-corrected chi connectivity index (χ0v) is 17.4. The zero-order valence-electron chi connectivity index (χ0n) is 17.4. The number of rotatable bonds is 18. The second kappa shape index (κ2) is 21.7. The summed E-state index contributed by atoms with van der Waals surface area (Å²) in [5.41, 5.74) is 0. The predicted molar refractivity (Wildman–Crippen MR) is 114 cm³/mol. The lowest BCUT2D eigenvalue weighted by molar-refractivity contribution is -0.137. The number of carbonyl (C=O) groups excluding carboxylic acids is 1. The molecule has 0 unspecified atom stereocenters. The fourth-order valence-corrected chi connectivity index (χ4v) is 2.80. The molecule has 0 saturated heterocycles. The highest BCUT2D eigenvalue weighted by molar-refractivity contribution is 5.81. The first kappa shape index (κ1) is 24.7. The Labute approximate surface area is 162 Å². The third-order valence-electron chi connectivity index (χ3n) is 4.36. The van der Waals surface area contributed by atoms with Crippen LogP contribution in [-0.4, -0.2) is 12.6 Å². The van der Waals surface area contributed by atoms with Gasteiger partial charge in [-0.2, -0.15) is 0 Å². The van der Waals surface area contributed by atoms with Crippen LogP contribution >= 0.6 is 0 Å². The van der Waals surface area contributed by atoms with Crippen molar-refractivity contribution in [3.8, 4) is 0 Å². The molecular weight excluding hydrogens is 320 g/mol. The van der Waals surface area contributed by atoms with Crippen molar-refractivity contribution in [2.24, 2.45) is 0 Å². The van der Waals surface area contributed by atoms with Crippen LogP contribution in [-0.2, 0) is 9.53 Å². The lowest BCUT2D eigenvalue weighted by Crippen LogP contribution is -1.98. The van der Waals surface area contributed by atoms with E-state index in [2.05, 4.69) is 31.2 Å². The first-order valence-electron chi connectivity index (χ1n) is 10.9. The van der Waals surface area contributed by atoms with Crippen molar-refractivity contribution < 1.29 is 9.53 Å². The smallest absolute Gasteiger partial charge is 0.330 e. The van der Waals surface area contributed by atoms with Crippen molar-refractivity contribution in [1.82, 2.24) is 0 Å². The molecule has 0 bridgehead atoms. The monoisotopic (exact) mass is 362 g/mol. The van der Waals surface area contributed by atoms with Gasteiger partial charge in [0.05, 0.1) is 6.61 Å². The number of hydrogen-bond donors (Lipinski definition) is 0. The first-order chi connectivity index (χ1) is 12.8. The molecule has 150 valence electrons. The minimum absolute atomic E-state index is 0.218. The third-order valence-corrected chi connectivity index (χ3v) is 4.36. The van der Waals surface area contributed by atoms with E-state index in [1.54, 1.807) is 6.08 Å². The fraction of sp³-hybridized carbons (Fsp3) is 0.708. The highest BCUT2D eigenvalue weighted by Crippen LogP contribution is 2.10. The fourth-order valence-electron chi connectivity index (χ4n) is 2.80. The van der Waals surface area contributed by atoms with E-state index >= 15 is 0 Å². The molecule has 2 nitrogen and oxygen atoms in total. The van der Waals surface area contributed by atoms with E-state index in [4.69, 9.17) is 4.74 Å². The van der Waals surface area contributed by atoms with Gasteiger partial charge in [-0.25, -0.2) is 4.79 Å². The van der Waals surface area contributed by atoms with E-state index < -0.39 is 0 Å². The number of allylic oxidation sites excluding steroid dienone is 5. The maximum atomic E-state index is 11.1. The van der Waals surface area contributed by atoms with E-state index in [1.807, 2.05) is 13.0 Å².